The van der Waals surface area contributed by atoms with Crippen LogP contribution in [0.2, 0.25) is 0 Å². The van der Waals surface area contributed by atoms with Gasteiger partial charge in [-0.15, -0.1) is 0 Å². The molecule has 2 heterocycles. The van der Waals surface area contributed by atoms with Crippen LogP contribution in [0.4, 0.5) is 0 Å². The van der Waals surface area contributed by atoms with Crippen LogP contribution in [-0.4, -0.2) is 27.0 Å². The number of nitrogens with zero attached hydrogens (tertiary/aromatic N) is 2. The van der Waals surface area contributed by atoms with Gasteiger partial charge in [-0.2, -0.15) is 0 Å². The number of rotatable bonds is 7. The molecule has 0 bridgehead atoms. The number of aromatic amines is 1. The molecule has 5 nitrogen and oxygen atoms in total. The number of H-pyrrole nitrogens is 1. The first-order valence-electron chi connectivity index (χ1n) is 7.03. The van der Waals surface area contributed by atoms with E-state index in [1.54, 1.807) is 12.5 Å². The third kappa shape index (κ3) is 3.98. The van der Waals surface area contributed by atoms with Crippen molar-refractivity contribution in [1.29, 1.82) is 0 Å². The Morgan fingerprint density at radius 3 is 2.75 bits per heavy atom. The maximum Gasteiger partial charge on any atom is 0.220 e. The number of nitrogens with one attached hydrogen (secondary N) is 2. The van der Waals surface area contributed by atoms with Crippen molar-refractivity contribution in [1.82, 2.24) is 19.9 Å². The second-order valence-corrected chi connectivity index (χ2v) is 5.05. The zero-order valence-electron chi connectivity index (χ0n) is 12.1. The van der Waals surface area contributed by atoms with Gasteiger partial charge in [-0.1, -0.05) is 0 Å². The van der Waals surface area contributed by atoms with Crippen LogP contribution in [0, 0.1) is 13.8 Å². The number of hydrogen-bond acceptors (Lipinski definition) is 2. The lowest BCUT2D eigenvalue weighted by molar-refractivity contribution is -0.121. The monoisotopic (exact) mass is 274 g/mol. The fourth-order valence-electron chi connectivity index (χ4n) is 2.30. The lowest BCUT2D eigenvalue weighted by Gasteiger charge is -2.09. The highest BCUT2D eigenvalue weighted by Gasteiger charge is 2.04. The van der Waals surface area contributed by atoms with Gasteiger partial charge in [-0.25, -0.2) is 4.98 Å². The van der Waals surface area contributed by atoms with Crippen molar-refractivity contribution >= 4 is 5.91 Å². The Balaban J connectivity index is 1.63. The number of imidazole rings is 1. The van der Waals surface area contributed by atoms with E-state index in [1.165, 1.54) is 11.4 Å². The molecular weight excluding hydrogens is 252 g/mol. The second-order valence-electron chi connectivity index (χ2n) is 5.05. The molecule has 108 valence electrons. The third-order valence-electron chi connectivity index (χ3n) is 3.47. The van der Waals surface area contributed by atoms with Gasteiger partial charge in [0.15, 0.2) is 0 Å². The summed E-state index contributed by atoms with van der Waals surface area (Å²) in [7, 11) is 0. The van der Waals surface area contributed by atoms with Gasteiger partial charge >= 0.3 is 0 Å². The van der Waals surface area contributed by atoms with E-state index in [0.717, 1.165) is 25.1 Å². The predicted molar refractivity (Wildman–Crippen MR) is 78.4 cm³/mol. The quantitative estimate of drug-likeness (QED) is 0.811. The second kappa shape index (κ2) is 6.93. The topological polar surface area (TPSA) is 62.7 Å². The number of aryl methyl sites for hydroxylation is 2. The van der Waals surface area contributed by atoms with Gasteiger partial charge in [0.1, 0.15) is 0 Å². The van der Waals surface area contributed by atoms with Gasteiger partial charge in [-0.05, 0) is 32.4 Å². The Hall–Kier alpha value is -2.04. The fourth-order valence-corrected chi connectivity index (χ4v) is 2.30. The Morgan fingerprint density at radius 2 is 2.10 bits per heavy atom. The van der Waals surface area contributed by atoms with Crippen molar-refractivity contribution in [2.75, 3.05) is 6.54 Å². The normalized spacial score (nSPS) is 10.7. The smallest absolute Gasteiger partial charge is 0.220 e. The van der Waals surface area contributed by atoms with E-state index in [9.17, 15) is 4.79 Å². The Bertz CT molecular complexity index is 523. The van der Waals surface area contributed by atoms with Gasteiger partial charge in [0.05, 0.1) is 6.33 Å². The molecule has 0 saturated carbocycles. The summed E-state index contributed by atoms with van der Waals surface area (Å²) in [4.78, 5) is 18.7. The van der Waals surface area contributed by atoms with Crippen LogP contribution < -0.4 is 5.32 Å². The van der Waals surface area contributed by atoms with Crippen molar-refractivity contribution in [3.63, 3.8) is 0 Å². The molecular formula is C15H22N4O. The Labute approximate surface area is 119 Å². The van der Waals surface area contributed by atoms with E-state index in [-0.39, 0.29) is 5.91 Å². The summed E-state index contributed by atoms with van der Waals surface area (Å²) in [5.41, 5.74) is 3.55. The van der Waals surface area contributed by atoms with Crippen molar-refractivity contribution < 1.29 is 4.79 Å². The van der Waals surface area contributed by atoms with Crippen LogP contribution in [-0.2, 0) is 17.8 Å². The van der Waals surface area contributed by atoms with Crippen LogP contribution in [0.15, 0.2) is 24.7 Å². The lowest BCUT2D eigenvalue weighted by Crippen LogP contribution is -2.25. The first-order valence-corrected chi connectivity index (χ1v) is 7.03. The summed E-state index contributed by atoms with van der Waals surface area (Å²) in [5, 5.41) is 2.93. The van der Waals surface area contributed by atoms with Gasteiger partial charge < -0.3 is 14.9 Å². The van der Waals surface area contributed by atoms with Crippen LogP contribution in [0.25, 0.3) is 0 Å². The molecule has 2 N–H and O–H groups in total. The highest BCUT2D eigenvalue weighted by molar-refractivity contribution is 5.75. The summed E-state index contributed by atoms with van der Waals surface area (Å²) >= 11 is 0. The van der Waals surface area contributed by atoms with Crippen LogP contribution in [0.3, 0.4) is 0 Å². The standard InChI is InChI=1S/C15H22N4O/c1-12-5-6-13(2)19(12)9-3-4-15(20)17-8-7-14-10-16-11-18-14/h5-6,10-11H,3-4,7-9H2,1-2H3,(H,16,18)(H,17,20). The van der Waals surface area contributed by atoms with Crippen molar-refractivity contribution in [3.05, 3.63) is 41.7 Å². The van der Waals surface area contributed by atoms with Gasteiger partial charge in [0, 0.05) is 49.2 Å². The maximum absolute atomic E-state index is 11.7. The molecule has 1 amide bonds. The molecule has 0 spiro atoms. The largest absolute Gasteiger partial charge is 0.356 e. The zero-order chi connectivity index (χ0) is 14.4. The van der Waals surface area contributed by atoms with Crippen LogP contribution in [0.1, 0.15) is 29.9 Å². The number of amides is 1. The average Bonchev–Trinajstić information content (AvgIpc) is 3.03. The van der Waals surface area contributed by atoms with Crippen molar-refractivity contribution in [2.45, 2.75) is 39.7 Å². The van der Waals surface area contributed by atoms with E-state index in [0.29, 0.717) is 13.0 Å². The summed E-state index contributed by atoms with van der Waals surface area (Å²) in [6.45, 7) is 5.75. The first-order chi connectivity index (χ1) is 9.66. The minimum absolute atomic E-state index is 0.118. The van der Waals surface area contributed by atoms with Crippen molar-refractivity contribution in [2.24, 2.45) is 0 Å². The molecule has 2 rings (SSSR count). The Kier molecular flexibility index (Phi) is 4.98. The minimum Gasteiger partial charge on any atom is -0.356 e. The summed E-state index contributed by atoms with van der Waals surface area (Å²) < 4.78 is 2.25. The molecule has 5 heteroatoms. The molecule has 0 aliphatic carbocycles. The molecule has 0 aromatic carbocycles. The average molecular weight is 274 g/mol. The molecule has 0 saturated heterocycles. The number of aromatic nitrogens is 3. The molecule has 0 atom stereocenters. The fraction of sp³-hybridized carbons (Fsp3) is 0.467. The lowest BCUT2D eigenvalue weighted by atomic mass is 10.2. The highest BCUT2D eigenvalue weighted by Crippen LogP contribution is 2.08. The van der Waals surface area contributed by atoms with E-state index >= 15 is 0 Å². The maximum atomic E-state index is 11.7. The number of hydrogen-bond donors (Lipinski definition) is 2. The van der Waals surface area contributed by atoms with E-state index in [2.05, 4.69) is 45.8 Å². The minimum atomic E-state index is 0.118. The SMILES string of the molecule is Cc1ccc(C)n1CCCC(=O)NCCc1cnc[nH]1. The van der Waals surface area contributed by atoms with Crippen molar-refractivity contribution in [3.8, 4) is 0 Å². The number of carbonyl (C=O) groups is 1. The van der Waals surface area contributed by atoms with E-state index in [4.69, 9.17) is 0 Å². The molecule has 0 unspecified atom stereocenters. The highest BCUT2D eigenvalue weighted by atomic mass is 16.1. The molecule has 2 aromatic heterocycles. The van der Waals surface area contributed by atoms with E-state index < -0.39 is 0 Å². The summed E-state index contributed by atoms with van der Waals surface area (Å²) in [6, 6.07) is 4.22. The van der Waals surface area contributed by atoms with Gasteiger partial charge in [0.25, 0.3) is 0 Å². The Morgan fingerprint density at radius 1 is 1.35 bits per heavy atom. The van der Waals surface area contributed by atoms with Crippen LogP contribution >= 0.6 is 0 Å². The zero-order valence-corrected chi connectivity index (χ0v) is 12.1. The van der Waals surface area contributed by atoms with Gasteiger partial charge in [-0.3, -0.25) is 4.79 Å². The summed E-state index contributed by atoms with van der Waals surface area (Å²) in [6.07, 6.45) is 5.66. The molecule has 0 radical (unpaired) electrons. The summed E-state index contributed by atoms with van der Waals surface area (Å²) in [5.74, 6) is 0.118. The number of carbonyl (C=O) groups excluding carboxylic acids is 1. The predicted octanol–water partition coefficient (Wildman–Crippen LogP) is 1.97. The van der Waals surface area contributed by atoms with Crippen LogP contribution in [0.5, 0.6) is 0 Å². The third-order valence-corrected chi connectivity index (χ3v) is 3.47. The van der Waals surface area contributed by atoms with Gasteiger partial charge in [0.2, 0.25) is 5.91 Å². The molecule has 0 aliphatic rings. The first kappa shape index (κ1) is 14.4. The molecule has 20 heavy (non-hydrogen) atoms. The molecule has 0 aliphatic heterocycles. The molecule has 0 fully saturated rings. The molecule has 2 aromatic rings. The van der Waals surface area contributed by atoms with E-state index in [1.807, 2.05) is 0 Å².